The third-order valence-electron chi connectivity index (χ3n) is 6.29. The number of rotatable bonds is 8. The Kier molecular flexibility index (Phi) is 7.48. The Morgan fingerprint density at radius 1 is 1.22 bits per heavy atom. The van der Waals surface area contributed by atoms with Crippen molar-refractivity contribution >= 4 is 21.6 Å². The molecule has 0 radical (unpaired) electrons. The second-order valence-corrected chi connectivity index (χ2v) is 10.3. The molecule has 176 valence electrons. The third-order valence-corrected chi connectivity index (χ3v) is 8.31. The molecular weight excluding hydrogens is 430 g/mol. The minimum absolute atomic E-state index is 0.0150. The Balaban J connectivity index is 1.91. The number of ether oxygens (including phenoxy) is 1. The van der Waals surface area contributed by atoms with E-state index in [0.29, 0.717) is 29.9 Å². The molecule has 1 fully saturated rings. The number of carbonyl (C=O) groups excluding carboxylic acids is 1. The predicted octanol–water partition coefficient (Wildman–Crippen LogP) is 3.83. The molecule has 9 heteroatoms. The van der Waals surface area contributed by atoms with Gasteiger partial charge in [-0.3, -0.25) is 9.10 Å². The van der Waals surface area contributed by atoms with Gasteiger partial charge in [0.15, 0.2) is 10.7 Å². The number of hydrogen-bond acceptors (Lipinski definition) is 6. The number of carbonyl (C=O) groups is 1. The highest BCUT2D eigenvalue weighted by Gasteiger charge is 2.34. The quantitative estimate of drug-likeness (QED) is 0.638. The molecule has 3 rings (SSSR count). The molecule has 1 heterocycles. The van der Waals surface area contributed by atoms with Crippen molar-refractivity contribution in [1.82, 2.24) is 10.5 Å². The van der Waals surface area contributed by atoms with Crippen LogP contribution in [0.2, 0.25) is 0 Å². The molecule has 0 unspecified atom stereocenters. The van der Waals surface area contributed by atoms with Gasteiger partial charge in [-0.2, -0.15) is 0 Å². The van der Waals surface area contributed by atoms with E-state index in [1.807, 2.05) is 6.92 Å². The third kappa shape index (κ3) is 5.09. The SMILES string of the molecule is CCOc1ccc(N(CC(=O)N[C@@H]2CCC[C@@H](C)[C@H]2C)S(=O)(=O)c2c(C)noc2C)cc1. The van der Waals surface area contributed by atoms with Crippen molar-refractivity contribution in [2.24, 2.45) is 11.8 Å². The summed E-state index contributed by atoms with van der Waals surface area (Å²) in [6, 6.07) is 6.70. The van der Waals surface area contributed by atoms with Gasteiger partial charge in [0.05, 0.1) is 12.3 Å². The summed E-state index contributed by atoms with van der Waals surface area (Å²) >= 11 is 0. The van der Waals surface area contributed by atoms with Crippen LogP contribution >= 0.6 is 0 Å². The van der Waals surface area contributed by atoms with Gasteiger partial charge in [-0.05, 0) is 63.3 Å². The number of aromatic nitrogens is 1. The fraction of sp³-hybridized carbons (Fsp3) is 0.565. The van der Waals surface area contributed by atoms with Crippen molar-refractivity contribution in [2.75, 3.05) is 17.5 Å². The molecule has 1 aromatic heterocycles. The van der Waals surface area contributed by atoms with E-state index >= 15 is 0 Å². The van der Waals surface area contributed by atoms with Crippen molar-refractivity contribution in [3.63, 3.8) is 0 Å². The number of anilines is 1. The van der Waals surface area contributed by atoms with Gasteiger partial charge in [-0.1, -0.05) is 31.8 Å². The zero-order valence-electron chi connectivity index (χ0n) is 19.4. The molecule has 2 aromatic rings. The van der Waals surface area contributed by atoms with Crippen LogP contribution in [-0.4, -0.2) is 38.7 Å². The molecule has 1 amide bonds. The van der Waals surface area contributed by atoms with Crippen LogP contribution < -0.4 is 14.4 Å². The van der Waals surface area contributed by atoms with Crippen LogP contribution in [0.15, 0.2) is 33.7 Å². The average Bonchev–Trinajstić information content (AvgIpc) is 3.09. The van der Waals surface area contributed by atoms with Crippen molar-refractivity contribution < 1.29 is 22.5 Å². The topological polar surface area (TPSA) is 102 Å². The highest BCUT2D eigenvalue weighted by molar-refractivity contribution is 7.93. The molecule has 1 N–H and O–H groups in total. The molecule has 3 atom stereocenters. The average molecular weight is 464 g/mol. The minimum Gasteiger partial charge on any atom is -0.494 e. The monoisotopic (exact) mass is 463 g/mol. The van der Waals surface area contributed by atoms with Crippen molar-refractivity contribution in [1.29, 1.82) is 0 Å². The van der Waals surface area contributed by atoms with E-state index < -0.39 is 10.0 Å². The summed E-state index contributed by atoms with van der Waals surface area (Å²) in [5.74, 6) is 1.34. The maximum absolute atomic E-state index is 13.6. The van der Waals surface area contributed by atoms with E-state index in [2.05, 4.69) is 24.3 Å². The zero-order chi connectivity index (χ0) is 23.5. The Morgan fingerprint density at radius 3 is 2.50 bits per heavy atom. The first-order valence-electron chi connectivity index (χ1n) is 11.1. The highest BCUT2D eigenvalue weighted by atomic mass is 32.2. The minimum atomic E-state index is -4.08. The lowest BCUT2D eigenvalue weighted by molar-refractivity contribution is -0.121. The lowest BCUT2D eigenvalue weighted by Gasteiger charge is -2.35. The highest BCUT2D eigenvalue weighted by Crippen LogP contribution is 2.31. The predicted molar refractivity (Wildman–Crippen MR) is 122 cm³/mol. The van der Waals surface area contributed by atoms with Crippen molar-refractivity contribution in [3.05, 3.63) is 35.7 Å². The van der Waals surface area contributed by atoms with Crippen LogP contribution in [0, 0.1) is 25.7 Å². The summed E-state index contributed by atoms with van der Waals surface area (Å²) in [7, 11) is -4.08. The van der Waals surface area contributed by atoms with Crippen molar-refractivity contribution in [2.45, 2.75) is 64.8 Å². The van der Waals surface area contributed by atoms with Crippen LogP contribution in [0.3, 0.4) is 0 Å². The van der Waals surface area contributed by atoms with Gasteiger partial charge < -0.3 is 14.6 Å². The first-order chi connectivity index (χ1) is 15.1. The molecule has 0 aliphatic heterocycles. The first-order valence-corrected chi connectivity index (χ1v) is 12.6. The van der Waals surface area contributed by atoms with E-state index in [4.69, 9.17) is 9.26 Å². The standard InChI is InChI=1S/C23H33N3O5S/c1-6-30-20-12-10-19(11-13-20)26(32(28,29)23-17(4)25-31-18(23)5)14-22(27)24-21-9-7-8-15(2)16(21)3/h10-13,15-16,21H,6-9,14H2,1-5H3,(H,24,27)/t15-,16-,21-/m1/s1. The molecule has 0 bridgehead atoms. The number of nitrogens with one attached hydrogen (secondary N) is 1. The van der Waals surface area contributed by atoms with Crippen LogP contribution in [0.4, 0.5) is 5.69 Å². The van der Waals surface area contributed by atoms with Gasteiger partial charge in [-0.25, -0.2) is 8.42 Å². The second-order valence-electron chi connectivity index (χ2n) is 8.53. The van der Waals surface area contributed by atoms with E-state index in [1.165, 1.54) is 0 Å². The molecule has 1 aliphatic rings. The van der Waals surface area contributed by atoms with E-state index in [-0.39, 0.29) is 34.8 Å². The number of sulfonamides is 1. The van der Waals surface area contributed by atoms with Gasteiger partial charge in [0.1, 0.15) is 18.0 Å². The van der Waals surface area contributed by atoms with Crippen LogP contribution in [0.25, 0.3) is 0 Å². The maximum Gasteiger partial charge on any atom is 0.270 e. The summed E-state index contributed by atoms with van der Waals surface area (Å²) in [6.07, 6.45) is 3.10. The largest absolute Gasteiger partial charge is 0.494 e. The molecule has 32 heavy (non-hydrogen) atoms. The number of benzene rings is 1. The van der Waals surface area contributed by atoms with Crippen molar-refractivity contribution in [3.8, 4) is 5.75 Å². The Hall–Kier alpha value is -2.55. The number of hydrogen-bond donors (Lipinski definition) is 1. The summed E-state index contributed by atoms with van der Waals surface area (Å²) in [6.45, 7) is 9.49. The smallest absolute Gasteiger partial charge is 0.270 e. The molecule has 1 aromatic carbocycles. The second kappa shape index (κ2) is 9.94. The summed E-state index contributed by atoms with van der Waals surface area (Å²) in [5.41, 5.74) is 0.627. The Morgan fingerprint density at radius 2 is 1.91 bits per heavy atom. The Labute approximate surface area is 190 Å². The van der Waals surface area contributed by atoms with Gasteiger partial charge in [0.25, 0.3) is 10.0 Å². The molecule has 8 nitrogen and oxygen atoms in total. The van der Waals surface area contributed by atoms with E-state index in [9.17, 15) is 13.2 Å². The lowest BCUT2D eigenvalue weighted by Crippen LogP contribution is -2.48. The van der Waals surface area contributed by atoms with Gasteiger partial charge in [0, 0.05) is 6.04 Å². The van der Waals surface area contributed by atoms with Crippen LogP contribution in [0.5, 0.6) is 5.75 Å². The normalized spacial score (nSPS) is 21.2. The molecule has 1 aliphatic carbocycles. The zero-order valence-corrected chi connectivity index (χ0v) is 20.2. The number of aryl methyl sites for hydroxylation is 2. The number of nitrogens with zero attached hydrogens (tertiary/aromatic N) is 2. The lowest BCUT2D eigenvalue weighted by atomic mass is 9.78. The van der Waals surface area contributed by atoms with Gasteiger partial charge in [0.2, 0.25) is 5.91 Å². The summed E-state index contributed by atoms with van der Waals surface area (Å²) < 4.78 is 38.9. The van der Waals surface area contributed by atoms with Crippen LogP contribution in [-0.2, 0) is 14.8 Å². The molecule has 1 saturated carbocycles. The van der Waals surface area contributed by atoms with E-state index in [0.717, 1.165) is 23.6 Å². The first kappa shape index (κ1) is 24.1. The van der Waals surface area contributed by atoms with Gasteiger partial charge in [-0.15, -0.1) is 0 Å². The molecule has 0 spiro atoms. The fourth-order valence-electron chi connectivity index (χ4n) is 4.31. The fourth-order valence-corrected chi connectivity index (χ4v) is 6.03. The Bertz CT molecular complexity index is 1010. The van der Waals surface area contributed by atoms with Crippen LogP contribution in [0.1, 0.15) is 51.5 Å². The summed E-state index contributed by atoms with van der Waals surface area (Å²) in [5, 5.41) is 6.86. The number of amides is 1. The molecule has 0 saturated heterocycles. The maximum atomic E-state index is 13.6. The van der Waals surface area contributed by atoms with E-state index in [1.54, 1.807) is 38.1 Å². The summed E-state index contributed by atoms with van der Waals surface area (Å²) in [4.78, 5) is 13.0. The van der Waals surface area contributed by atoms with Gasteiger partial charge >= 0.3 is 0 Å². The molecular formula is C23H33N3O5S.